The topological polar surface area (TPSA) is 55.1 Å². The first-order valence-corrected chi connectivity index (χ1v) is 6.58. The molecule has 0 aromatic heterocycles. The molecule has 0 heterocycles. The predicted molar refractivity (Wildman–Crippen MR) is 78.6 cm³/mol. The average molecular weight is 279 g/mol. The number of halogens is 1. The van der Waals surface area contributed by atoms with Crippen molar-refractivity contribution < 1.29 is 4.79 Å². The van der Waals surface area contributed by atoms with Gasteiger partial charge in [0.05, 0.1) is 12.1 Å². The van der Waals surface area contributed by atoms with E-state index in [0.717, 1.165) is 5.56 Å². The van der Waals surface area contributed by atoms with Gasteiger partial charge in [0.1, 0.15) is 0 Å². The van der Waals surface area contributed by atoms with Gasteiger partial charge in [-0.05, 0) is 23.6 Å². The molecule has 4 heteroatoms. The van der Waals surface area contributed by atoms with Crippen molar-refractivity contribution >= 4 is 17.5 Å². The molecular weight excluding hydrogens is 260 g/mol. The Kier molecular flexibility index (Phi) is 5.88. The molecule has 0 saturated carbocycles. The Balaban J connectivity index is 2.82. The van der Waals surface area contributed by atoms with Crippen molar-refractivity contribution in [1.29, 1.82) is 0 Å². The third-order valence-electron chi connectivity index (χ3n) is 2.87. The summed E-state index contributed by atoms with van der Waals surface area (Å²) in [7, 11) is 0. The van der Waals surface area contributed by atoms with Crippen LogP contribution in [-0.4, -0.2) is 11.9 Å². The van der Waals surface area contributed by atoms with Crippen LogP contribution in [0.15, 0.2) is 24.3 Å². The summed E-state index contributed by atoms with van der Waals surface area (Å²) in [6.07, 6.45) is 5.39. The molecule has 0 fully saturated rings. The summed E-state index contributed by atoms with van der Waals surface area (Å²) in [6, 6.07) is 6.65. The quantitative estimate of drug-likeness (QED) is 0.813. The molecule has 0 aliphatic heterocycles. The fourth-order valence-corrected chi connectivity index (χ4v) is 1.91. The highest BCUT2D eigenvalue weighted by Crippen LogP contribution is 2.23. The van der Waals surface area contributed by atoms with E-state index in [0.29, 0.717) is 5.02 Å². The van der Waals surface area contributed by atoms with Crippen LogP contribution in [-0.2, 0) is 4.79 Å². The second-order valence-corrected chi connectivity index (χ2v) is 5.23. The Morgan fingerprint density at radius 1 is 1.42 bits per heavy atom. The first-order valence-electron chi connectivity index (χ1n) is 6.20. The minimum atomic E-state index is -0.668. The van der Waals surface area contributed by atoms with Gasteiger partial charge in [-0.15, -0.1) is 12.3 Å². The second-order valence-electron chi connectivity index (χ2n) is 4.80. The van der Waals surface area contributed by atoms with Crippen LogP contribution in [0.2, 0.25) is 5.02 Å². The fourth-order valence-electron chi connectivity index (χ4n) is 1.78. The second kappa shape index (κ2) is 7.18. The van der Waals surface area contributed by atoms with E-state index in [1.807, 2.05) is 26.0 Å². The molecule has 0 aliphatic rings. The van der Waals surface area contributed by atoms with E-state index in [9.17, 15) is 4.79 Å². The lowest BCUT2D eigenvalue weighted by molar-refractivity contribution is -0.123. The smallest absolute Gasteiger partial charge is 0.238 e. The highest BCUT2D eigenvalue weighted by molar-refractivity contribution is 6.30. The first kappa shape index (κ1) is 15.6. The number of carbonyl (C=O) groups excluding carboxylic acids is 1. The third kappa shape index (κ3) is 4.59. The van der Waals surface area contributed by atoms with Crippen LogP contribution in [0, 0.1) is 18.3 Å². The molecule has 0 saturated heterocycles. The number of hydrogen-bond acceptors (Lipinski definition) is 2. The highest BCUT2D eigenvalue weighted by Gasteiger charge is 2.21. The van der Waals surface area contributed by atoms with E-state index in [1.165, 1.54) is 0 Å². The molecule has 0 aliphatic carbocycles. The molecule has 0 bridgehead atoms. The zero-order valence-electron chi connectivity index (χ0n) is 11.2. The van der Waals surface area contributed by atoms with Crippen LogP contribution < -0.4 is 11.1 Å². The van der Waals surface area contributed by atoms with E-state index < -0.39 is 6.04 Å². The predicted octanol–water partition coefficient (Wildman–Crippen LogP) is 2.50. The Bertz CT molecular complexity index is 462. The molecule has 2 atom stereocenters. The molecule has 19 heavy (non-hydrogen) atoms. The van der Waals surface area contributed by atoms with Gasteiger partial charge in [-0.25, -0.2) is 0 Å². The number of rotatable bonds is 5. The molecule has 1 aromatic rings. The normalized spacial score (nSPS) is 13.7. The van der Waals surface area contributed by atoms with Gasteiger partial charge >= 0.3 is 0 Å². The molecular formula is C15H19ClN2O. The van der Waals surface area contributed by atoms with E-state index >= 15 is 0 Å². The van der Waals surface area contributed by atoms with Crippen molar-refractivity contribution in [2.45, 2.75) is 32.4 Å². The lowest BCUT2D eigenvalue weighted by atomic mass is 9.95. The molecule has 1 amide bonds. The van der Waals surface area contributed by atoms with Gasteiger partial charge in [0.25, 0.3) is 0 Å². The van der Waals surface area contributed by atoms with Gasteiger partial charge in [-0.3, -0.25) is 4.79 Å². The molecule has 0 radical (unpaired) electrons. The molecule has 2 unspecified atom stereocenters. The van der Waals surface area contributed by atoms with Crippen LogP contribution >= 0.6 is 11.6 Å². The summed E-state index contributed by atoms with van der Waals surface area (Å²) in [5.74, 6) is 2.40. The Hall–Kier alpha value is -1.50. The van der Waals surface area contributed by atoms with Crippen LogP contribution in [0.25, 0.3) is 0 Å². The van der Waals surface area contributed by atoms with Gasteiger partial charge < -0.3 is 11.1 Å². The zero-order chi connectivity index (χ0) is 14.4. The number of terminal acetylenes is 1. The minimum absolute atomic E-state index is 0.103. The van der Waals surface area contributed by atoms with Crippen LogP contribution in [0.1, 0.15) is 31.9 Å². The number of hydrogen-bond donors (Lipinski definition) is 2. The summed E-state index contributed by atoms with van der Waals surface area (Å²) >= 11 is 5.86. The summed E-state index contributed by atoms with van der Waals surface area (Å²) in [6.45, 7) is 4.07. The number of nitrogens with one attached hydrogen (secondary N) is 1. The maximum Gasteiger partial charge on any atom is 0.238 e. The Labute approximate surface area is 119 Å². The van der Waals surface area contributed by atoms with E-state index in [4.69, 9.17) is 23.8 Å². The van der Waals surface area contributed by atoms with Crippen molar-refractivity contribution in [3.8, 4) is 12.3 Å². The standard InChI is InChI=1S/C15H19ClN2O/c1-4-5-13(17)15(19)18-14(10(2)3)11-6-8-12(16)9-7-11/h1,6-10,13-14H,5,17H2,2-3H3,(H,18,19). The van der Waals surface area contributed by atoms with Crippen molar-refractivity contribution in [3.05, 3.63) is 34.9 Å². The van der Waals surface area contributed by atoms with Gasteiger partial charge in [0.15, 0.2) is 0 Å². The van der Waals surface area contributed by atoms with Crippen LogP contribution in [0.5, 0.6) is 0 Å². The van der Waals surface area contributed by atoms with E-state index in [2.05, 4.69) is 11.2 Å². The summed E-state index contributed by atoms with van der Waals surface area (Å²) in [5, 5.41) is 3.60. The van der Waals surface area contributed by atoms with Gasteiger partial charge in [0.2, 0.25) is 5.91 Å². The maximum atomic E-state index is 11.9. The number of amides is 1. The zero-order valence-corrected chi connectivity index (χ0v) is 11.9. The average Bonchev–Trinajstić information content (AvgIpc) is 2.37. The Morgan fingerprint density at radius 2 is 2.00 bits per heavy atom. The van der Waals surface area contributed by atoms with E-state index in [-0.39, 0.29) is 24.3 Å². The fraction of sp³-hybridized carbons (Fsp3) is 0.400. The van der Waals surface area contributed by atoms with Gasteiger partial charge in [-0.1, -0.05) is 37.6 Å². The number of benzene rings is 1. The monoisotopic (exact) mass is 278 g/mol. The van der Waals surface area contributed by atoms with Gasteiger partial charge in [-0.2, -0.15) is 0 Å². The number of carbonyl (C=O) groups is 1. The van der Waals surface area contributed by atoms with Crippen molar-refractivity contribution in [1.82, 2.24) is 5.32 Å². The molecule has 1 aromatic carbocycles. The van der Waals surface area contributed by atoms with E-state index in [1.54, 1.807) is 12.1 Å². The first-order chi connectivity index (χ1) is 8.95. The molecule has 1 rings (SSSR count). The van der Waals surface area contributed by atoms with Gasteiger partial charge in [0, 0.05) is 11.4 Å². The third-order valence-corrected chi connectivity index (χ3v) is 3.12. The summed E-state index contributed by atoms with van der Waals surface area (Å²) < 4.78 is 0. The molecule has 3 N–H and O–H groups in total. The lowest BCUT2D eigenvalue weighted by Crippen LogP contribution is -2.43. The highest BCUT2D eigenvalue weighted by atomic mass is 35.5. The largest absolute Gasteiger partial charge is 0.348 e. The SMILES string of the molecule is C#CCC(N)C(=O)NC(c1ccc(Cl)cc1)C(C)C. The maximum absolute atomic E-state index is 11.9. The van der Waals surface area contributed by atoms with Crippen molar-refractivity contribution in [2.24, 2.45) is 11.7 Å². The minimum Gasteiger partial charge on any atom is -0.348 e. The lowest BCUT2D eigenvalue weighted by Gasteiger charge is -2.24. The molecule has 3 nitrogen and oxygen atoms in total. The van der Waals surface area contributed by atoms with Crippen molar-refractivity contribution in [2.75, 3.05) is 0 Å². The summed E-state index contributed by atoms with van der Waals surface area (Å²) in [5.41, 5.74) is 6.70. The molecule has 0 spiro atoms. The number of nitrogens with two attached hydrogens (primary N) is 1. The van der Waals surface area contributed by atoms with Crippen molar-refractivity contribution in [3.63, 3.8) is 0 Å². The summed E-state index contributed by atoms with van der Waals surface area (Å²) in [4.78, 5) is 11.9. The van der Waals surface area contributed by atoms with Crippen LogP contribution in [0.4, 0.5) is 0 Å². The Morgan fingerprint density at radius 3 is 2.47 bits per heavy atom. The molecule has 102 valence electrons. The van der Waals surface area contributed by atoms with Crippen LogP contribution in [0.3, 0.4) is 0 Å².